The van der Waals surface area contributed by atoms with Gasteiger partial charge in [-0.2, -0.15) is 0 Å². The van der Waals surface area contributed by atoms with Crippen LogP contribution in [-0.4, -0.2) is 60.1 Å². The molecule has 1 saturated heterocycles. The first-order valence-corrected chi connectivity index (χ1v) is 9.47. The van der Waals surface area contributed by atoms with Crippen molar-refractivity contribution in [1.82, 2.24) is 10.2 Å². The molecule has 1 heterocycles. The summed E-state index contributed by atoms with van der Waals surface area (Å²) in [6.07, 6.45) is 2.26. The van der Waals surface area contributed by atoms with Crippen molar-refractivity contribution < 1.29 is 19.7 Å². The normalized spacial score (nSPS) is 20.3. The van der Waals surface area contributed by atoms with Gasteiger partial charge in [0.1, 0.15) is 5.75 Å². The zero-order valence-electron chi connectivity index (χ0n) is 15.8. The molecule has 2 aromatic rings. The number of hydrogen-bond donors (Lipinski definition) is 3. The van der Waals surface area contributed by atoms with E-state index in [1.165, 1.54) is 0 Å². The van der Waals surface area contributed by atoms with Crippen LogP contribution in [-0.2, 0) is 6.42 Å². The number of carbonyl (C=O) groups is 1. The van der Waals surface area contributed by atoms with Gasteiger partial charge in [-0.3, -0.25) is 0 Å². The molecule has 1 aliphatic heterocycles. The highest BCUT2D eigenvalue weighted by Crippen LogP contribution is 2.28. The topological polar surface area (TPSA) is 82.0 Å². The zero-order valence-corrected chi connectivity index (χ0v) is 15.8. The third-order valence-electron chi connectivity index (χ3n) is 5.37. The summed E-state index contributed by atoms with van der Waals surface area (Å²) in [5.41, 5.74) is 0.0205. The van der Waals surface area contributed by atoms with Gasteiger partial charge in [-0.25, -0.2) is 4.79 Å². The molecule has 0 spiro atoms. The predicted molar refractivity (Wildman–Crippen MR) is 105 cm³/mol. The fourth-order valence-electron chi connectivity index (χ4n) is 3.71. The summed E-state index contributed by atoms with van der Waals surface area (Å²) < 4.78 is 5.50. The van der Waals surface area contributed by atoms with E-state index in [4.69, 9.17) is 4.74 Å². The van der Waals surface area contributed by atoms with Gasteiger partial charge in [0.25, 0.3) is 0 Å². The number of fused-ring (bicyclic) bond motifs is 1. The van der Waals surface area contributed by atoms with Crippen molar-refractivity contribution in [3.8, 4) is 5.75 Å². The zero-order chi connectivity index (χ0) is 19.3. The maximum atomic E-state index is 12.5. The lowest BCUT2D eigenvalue weighted by Crippen LogP contribution is -2.42. The lowest BCUT2D eigenvalue weighted by molar-refractivity contribution is -0.0248. The first-order valence-electron chi connectivity index (χ1n) is 9.47. The molecule has 6 heteroatoms. The van der Waals surface area contributed by atoms with Gasteiger partial charge >= 0.3 is 6.03 Å². The van der Waals surface area contributed by atoms with Gasteiger partial charge in [-0.1, -0.05) is 30.3 Å². The molecule has 0 bridgehead atoms. The Labute approximate surface area is 159 Å². The first kappa shape index (κ1) is 19.5. The maximum Gasteiger partial charge on any atom is 0.317 e. The Morgan fingerprint density at radius 3 is 2.81 bits per heavy atom. The van der Waals surface area contributed by atoms with Crippen LogP contribution in [0.2, 0.25) is 0 Å². The van der Waals surface area contributed by atoms with Crippen LogP contribution < -0.4 is 10.1 Å². The number of benzene rings is 2. The van der Waals surface area contributed by atoms with E-state index >= 15 is 0 Å². The fourth-order valence-corrected chi connectivity index (χ4v) is 3.71. The molecule has 0 aromatic heterocycles. The minimum Gasteiger partial charge on any atom is -0.496 e. The van der Waals surface area contributed by atoms with E-state index in [1.807, 2.05) is 24.3 Å². The van der Waals surface area contributed by atoms with Crippen molar-refractivity contribution in [1.29, 1.82) is 0 Å². The third kappa shape index (κ3) is 4.51. The number of amides is 2. The highest BCUT2D eigenvalue weighted by atomic mass is 16.5. The fraction of sp³-hybridized carbons (Fsp3) is 0.476. The number of urea groups is 1. The molecule has 3 N–H and O–H groups in total. The number of likely N-dealkylation sites (tertiary alicyclic amines) is 1. The minimum atomic E-state index is -1.06. The summed E-state index contributed by atoms with van der Waals surface area (Å²) in [7, 11) is 1.66. The standard InChI is InChI=1S/C21H28N2O4/c1-27-19-8-7-16-5-2-3-6-17(16)18(19)9-12-22-20(25)23-13-4-10-21(26,15-24)11-14-23/h2-3,5-8,24,26H,4,9-15H2,1H3,(H,22,25)/t21-/m1/s1. The summed E-state index contributed by atoms with van der Waals surface area (Å²) in [5, 5.41) is 24.8. The molecule has 1 aliphatic rings. The van der Waals surface area contributed by atoms with Crippen molar-refractivity contribution in [2.24, 2.45) is 0 Å². The molecule has 0 aliphatic carbocycles. The van der Waals surface area contributed by atoms with Gasteiger partial charge < -0.3 is 25.2 Å². The monoisotopic (exact) mass is 372 g/mol. The van der Waals surface area contributed by atoms with Gasteiger partial charge in [-0.05, 0) is 42.5 Å². The number of hydrogen-bond acceptors (Lipinski definition) is 4. The summed E-state index contributed by atoms with van der Waals surface area (Å²) in [5.74, 6) is 0.825. The highest BCUT2D eigenvalue weighted by Gasteiger charge is 2.30. The van der Waals surface area contributed by atoms with Crippen molar-refractivity contribution in [2.75, 3.05) is 33.4 Å². The number of aliphatic hydroxyl groups excluding tert-OH is 1. The Kier molecular flexibility index (Phi) is 6.19. The quantitative estimate of drug-likeness (QED) is 0.752. The number of carbonyl (C=O) groups excluding carboxylic acids is 1. The molecule has 2 amide bonds. The molecule has 0 saturated carbocycles. The maximum absolute atomic E-state index is 12.5. The van der Waals surface area contributed by atoms with Crippen LogP contribution in [0.4, 0.5) is 4.79 Å². The van der Waals surface area contributed by atoms with E-state index in [9.17, 15) is 15.0 Å². The second-order valence-electron chi connectivity index (χ2n) is 7.17. The Morgan fingerprint density at radius 2 is 2.04 bits per heavy atom. The average molecular weight is 372 g/mol. The van der Waals surface area contributed by atoms with Gasteiger partial charge in [0, 0.05) is 25.2 Å². The summed E-state index contributed by atoms with van der Waals surface area (Å²) >= 11 is 0. The van der Waals surface area contributed by atoms with Crippen LogP contribution in [0.25, 0.3) is 10.8 Å². The number of nitrogens with zero attached hydrogens (tertiary/aromatic N) is 1. The predicted octanol–water partition coefficient (Wildman–Crippen LogP) is 2.31. The molecule has 1 fully saturated rings. The Morgan fingerprint density at radius 1 is 1.22 bits per heavy atom. The van der Waals surface area contributed by atoms with Crippen molar-refractivity contribution in [2.45, 2.75) is 31.3 Å². The highest BCUT2D eigenvalue weighted by molar-refractivity contribution is 5.87. The van der Waals surface area contributed by atoms with Crippen LogP contribution in [0.15, 0.2) is 36.4 Å². The van der Waals surface area contributed by atoms with Crippen LogP contribution >= 0.6 is 0 Å². The second-order valence-corrected chi connectivity index (χ2v) is 7.17. The molecule has 2 aromatic carbocycles. The molecule has 1 atom stereocenters. The first-order chi connectivity index (χ1) is 13.1. The summed E-state index contributed by atoms with van der Waals surface area (Å²) in [6, 6.07) is 12.0. The van der Waals surface area contributed by atoms with Crippen LogP contribution in [0, 0.1) is 0 Å². The Hall–Kier alpha value is -2.31. The van der Waals surface area contributed by atoms with Gasteiger partial charge in [-0.15, -0.1) is 0 Å². The lowest BCUT2D eigenvalue weighted by Gasteiger charge is -2.24. The van der Waals surface area contributed by atoms with E-state index in [2.05, 4.69) is 17.4 Å². The Bertz CT molecular complexity index is 795. The number of aliphatic hydroxyl groups is 2. The van der Waals surface area contributed by atoms with Gasteiger partial charge in [0.15, 0.2) is 0 Å². The summed E-state index contributed by atoms with van der Waals surface area (Å²) in [6.45, 7) is 1.28. The van der Waals surface area contributed by atoms with E-state index in [0.29, 0.717) is 45.3 Å². The number of nitrogens with one attached hydrogen (secondary N) is 1. The number of methoxy groups -OCH3 is 1. The van der Waals surface area contributed by atoms with E-state index < -0.39 is 5.60 Å². The van der Waals surface area contributed by atoms with E-state index in [-0.39, 0.29) is 12.6 Å². The smallest absolute Gasteiger partial charge is 0.317 e. The molecular weight excluding hydrogens is 344 g/mol. The van der Waals surface area contributed by atoms with Gasteiger partial charge in [0.2, 0.25) is 0 Å². The SMILES string of the molecule is COc1ccc2ccccc2c1CCNC(=O)N1CCC[C@](O)(CO)CC1. The Balaban J connectivity index is 1.61. The van der Waals surface area contributed by atoms with Crippen molar-refractivity contribution >= 4 is 16.8 Å². The number of ether oxygens (including phenoxy) is 1. The van der Waals surface area contributed by atoms with Crippen molar-refractivity contribution in [3.05, 3.63) is 42.0 Å². The third-order valence-corrected chi connectivity index (χ3v) is 5.37. The van der Waals surface area contributed by atoms with E-state index in [1.54, 1.807) is 12.0 Å². The molecular formula is C21H28N2O4. The minimum absolute atomic E-state index is 0.128. The van der Waals surface area contributed by atoms with Gasteiger partial charge in [0.05, 0.1) is 19.3 Å². The lowest BCUT2D eigenvalue weighted by atomic mass is 9.96. The van der Waals surface area contributed by atoms with Crippen LogP contribution in [0.3, 0.4) is 0 Å². The molecule has 3 rings (SSSR count). The molecule has 6 nitrogen and oxygen atoms in total. The van der Waals surface area contributed by atoms with Crippen LogP contribution in [0.1, 0.15) is 24.8 Å². The molecule has 146 valence electrons. The number of rotatable bonds is 5. The largest absolute Gasteiger partial charge is 0.496 e. The van der Waals surface area contributed by atoms with Crippen LogP contribution in [0.5, 0.6) is 5.75 Å². The average Bonchev–Trinajstić information content (AvgIpc) is 2.90. The molecule has 0 radical (unpaired) electrons. The second kappa shape index (κ2) is 8.59. The van der Waals surface area contributed by atoms with Crippen molar-refractivity contribution in [3.63, 3.8) is 0 Å². The summed E-state index contributed by atoms with van der Waals surface area (Å²) in [4.78, 5) is 14.2. The molecule has 27 heavy (non-hydrogen) atoms. The molecule has 0 unspecified atom stereocenters. The van der Waals surface area contributed by atoms with E-state index in [0.717, 1.165) is 22.1 Å².